The number of hydrogen-bond acceptors (Lipinski definition) is 3. The molecular formula is C18H15BrN2OS. The lowest BCUT2D eigenvalue weighted by Gasteiger charge is -2.03. The highest BCUT2D eigenvalue weighted by atomic mass is 79.9. The molecule has 1 amide bonds. The van der Waals surface area contributed by atoms with Gasteiger partial charge in [-0.25, -0.2) is 4.98 Å². The number of benzene rings is 2. The van der Waals surface area contributed by atoms with Crippen molar-refractivity contribution in [3.63, 3.8) is 0 Å². The Balaban J connectivity index is 1.79. The molecule has 5 heteroatoms. The lowest BCUT2D eigenvalue weighted by molar-refractivity contribution is -0.119. The number of carbonyl (C=O) groups excluding carboxylic acids is 1. The van der Waals surface area contributed by atoms with E-state index >= 15 is 0 Å². The summed E-state index contributed by atoms with van der Waals surface area (Å²) in [6.07, 6.45) is 0. The molecule has 0 aliphatic rings. The maximum absolute atomic E-state index is 10.9. The second kappa shape index (κ2) is 7.06. The van der Waals surface area contributed by atoms with Gasteiger partial charge in [0.1, 0.15) is 5.01 Å². The van der Waals surface area contributed by atoms with Gasteiger partial charge in [-0.1, -0.05) is 52.3 Å². The number of nitrogens with zero attached hydrogens (tertiary/aromatic N) is 1. The predicted octanol–water partition coefficient (Wildman–Crippen LogP) is 4.88. The van der Waals surface area contributed by atoms with Crippen LogP contribution in [0.5, 0.6) is 0 Å². The fourth-order valence-corrected chi connectivity index (χ4v) is 3.41. The second-order valence-corrected chi connectivity index (χ2v) is 6.93. The minimum Gasteiger partial charge on any atom is -0.352 e. The van der Waals surface area contributed by atoms with E-state index in [1.54, 1.807) is 11.3 Å². The summed E-state index contributed by atoms with van der Waals surface area (Å²) in [7, 11) is 0. The SMILES string of the molecule is CC(=O)NCc1ccc(-c2csc(-c3cccc(Br)c3)n2)cc1. The van der Waals surface area contributed by atoms with Crippen molar-refractivity contribution in [1.82, 2.24) is 10.3 Å². The van der Waals surface area contributed by atoms with Gasteiger partial charge in [-0.05, 0) is 17.7 Å². The van der Waals surface area contributed by atoms with Crippen molar-refractivity contribution in [1.29, 1.82) is 0 Å². The number of thiazole rings is 1. The Morgan fingerprint density at radius 2 is 1.96 bits per heavy atom. The van der Waals surface area contributed by atoms with Gasteiger partial charge in [0.25, 0.3) is 0 Å². The summed E-state index contributed by atoms with van der Waals surface area (Å²) in [5.41, 5.74) is 4.23. The average molecular weight is 387 g/mol. The maximum atomic E-state index is 10.9. The van der Waals surface area contributed by atoms with E-state index in [1.807, 2.05) is 36.4 Å². The van der Waals surface area contributed by atoms with E-state index in [-0.39, 0.29) is 5.91 Å². The van der Waals surface area contributed by atoms with Crippen LogP contribution in [0.3, 0.4) is 0 Å². The van der Waals surface area contributed by atoms with E-state index in [1.165, 1.54) is 6.92 Å². The monoisotopic (exact) mass is 386 g/mol. The summed E-state index contributed by atoms with van der Waals surface area (Å²) in [5.74, 6) is -0.0211. The molecule has 0 fully saturated rings. The van der Waals surface area contributed by atoms with Gasteiger partial charge >= 0.3 is 0 Å². The standard InChI is InChI=1S/C18H15BrN2OS/c1-12(22)20-10-13-5-7-14(8-6-13)17-11-23-18(21-17)15-3-2-4-16(19)9-15/h2-9,11H,10H2,1H3,(H,20,22). The minimum absolute atomic E-state index is 0.0211. The molecule has 1 N–H and O–H groups in total. The lowest BCUT2D eigenvalue weighted by Crippen LogP contribution is -2.18. The molecule has 0 unspecified atom stereocenters. The highest BCUT2D eigenvalue weighted by molar-refractivity contribution is 9.10. The Morgan fingerprint density at radius 1 is 1.17 bits per heavy atom. The van der Waals surface area contributed by atoms with Gasteiger partial charge in [0, 0.05) is 34.4 Å². The van der Waals surface area contributed by atoms with Crippen molar-refractivity contribution in [2.45, 2.75) is 13.5 Å². The number of amides is 1. The zero-order valence-electron chi connectivity index (χ0n) is 12.5. The highest BCUT2D eigenvalue weighted by Gasteiger charge is 2.07. The molecular weight excluding hydrogens is 372 g/mol. The molecule has 116 valence electrons. The molecule has 3 nitrogen and oxygen atoms in total. The third kappa shape index (κ3) is 4.06. The second-order valence-electron chi connectivity index (χ2n) is 5.15. The Bertz CT molecular complexity index is 827. The summed E-state index contributed by atoms with van der Waals surface area (Å²) in [6.45, 7) is 2.07. The minimum atomic E-state index is -0.0211. The molecule has 1 aromatic heterocycles. The molecule has 0 aliphatic carbocycles. The summed E-state index contributed by atoms with van der Waals surface area (Å²) in [4.78, 5) is 15.7. The van der Waals surface area contributed by atoms with Crippen LogP contribution in [0.15, 0.2) is 58.4 Å². The molecule has 0 radical (unpaired) electrons. The van der Waals surface area contributed by atoms with Crippen molar-refractivity contribution in [3.8, 4) is 21.8 Å². The quantitative estimate of drug-likeness (QED) is 0.694. The number of halogens is 1. The molecule has 2 aromatic carbocycles. The normalized spacial score (nSPS) is 10.5. The van der Waals surface area contributed by atoms with Crippen LogP contribution >= 0.6 is 27.3 Å². The molecule has 0 atom stereocenters. The molecule has 0 saturated carbocycles. The Hall–Kier alpha value is -1.98. The van der Waals surface area contributed by atoms with Gasteiger partial charge in [0.05, 0.1) is 5.69 Å². The third-order valence-corrected chi connectivity index (χ3v) is 4.75. The smallest absolute Gasteiger partial charge is 0.217 e. The average Bonchev–Trinajstić information content (AvgIpc) is 3.03. The Labute approximate surface area is 147 Å². The van der Waals surface area contributed by atoms with Crippen LogP contribution in [0.4, 0.5) is 0 Å². The third-order valence-electron chi connectivity index (χ3n) is 3.37. The van der Waals surface area contributed by atoms with Crippen LogP contribution in [0.1, 0.15) is 12.5 Å². The van der Waals surface area contributed by atoms with Gasteiger partial charge < -0.3 is 5.32 Å². The van der Waals surface area contributed by atoms with Crippen LogP contribution in [-0.4, -0.2) is 10.9 Å². The predicted molar refractivity (Wildman–Crippen MR) is 98.2 cm³/mol. The van der Waals surface area contributed by atoms with Gasteiger partial charge in [-0.3, -0.25) is 4.79 Å². The van der Waals surface area contributed by atoms with Gasteiger partial charge in [0.2, 0.25) is 5.91 Å². The number of nitrogens with one attached hydrogen (secondary N) is 1. The van der Waals surface area contributed by atoms with Gasteiger partial charge in [-0.15, -0.1) is 11.3 Å². The van der Waals surface area contributed by atoms with E-state index in [4.69, 9.17) is 4.98 Å². The number of carbonyl (C=O) groups is 1. The van der Waals surface area contributed by atoms with E-state index < -0.39 is 0 Å². The van der Waals surface area contributed by atoms with Crippen LogP contribution in [0.2, 0.25) is 0 Å². The maximum Gasteiger partial charge on any atom is 0.217 e. The molecule has 0 aliphatic heterocycles. The molecule has 0 spiro atoms. The van der Waals surface area contributed by atoms with Crippen LogP contribution in [0.25, 0.3) is 21.8 Å². The van der Waals surface area contributed by atoms with E-state index in [2.05, 4.69) is 38.8 Å². The fourth-order valence-electron chi connectivity index (χ4n) is 2.18. The number of rotatable bonds is 4. The first-order valence-corrected chi connectivity index (χ1v) is 8.84. The fraction of sp³-hybridized carbons (Fsp3) is 0.111. The first-order chi connectivity index (χ1) is 11.1. The van der Waals surface area contributed by atoms with Gasteiger partial charge in [0.15, 0.2) is 0 Å². The Kier molecular flexibility index (Phi) is 4.88. The van der Waals surface area contributed by atoms with Crippen molar-refractivity contribution < 1.29 is 4.79 Å². The summed E-state index contributed by atoms with van der Waals surface area (Å²) in [5, 5.41) is 5.87. The molecule has 3 aromatic rings. The van der Waals surface area contributed by atoms with Crippen LogP contribution in [-0.2, 0) is 11.3 Å². The molecule has 0 saturated heterocycles. The molecule has 1 heterocycles. The van der Waals surface area contributed by atoms with E-state index in [9.17, 15) is 4.79 Å². The van der Waals surface area contributed by atoms with Crippen LogP contribution < -0.4 is 5.32 Å². The van der Waals surface area contributed by atoms with E-state index in [0.29, 0.717) is 6.54 Å². The molecule has 23 heavy (non-hydrogen) atoms. The van der Waals surface area contributed by atoms with Crippen LogP contribution in [0, 0.1) is 0 Å². The van der Waals surface area contributed by atoms with E-state index in [0.717, 1.165) is 31.9 Å². The van der Waals surface area contributed by atoms with Crippen molar-refractivity contribution in [3.05, 3.63) is 63.9 Å². The van der Waals surface area contributed by atoms with Gasteiger partial charge in [-0.2, -0.15) is 0 Å². The van der Waals surface area contributed by atoms with Crippen molar-refractivity contribution in [2.75, 3.05) is 0 Å². The summed E-state index contributed by atoms with van der Waals surface area (Å²) in [6, 6.07) is 16.3. The first kappa shape index (κ1) is 15.9. The van der Waals surface area contributed by atoms with Crippen molar-refractivity contribution in [2.24, 2.45) is 0 Å². The largest absolute Gasteiger partial charge is 0.352 e. The zero-order chi connectivity index (χ0) is 16.2. The molecule has 0 bridgehead atoms. The summed E-state index contributed by atoms with van der Waals surface area (Å²) >= 11 is 5.13. The number of aromatic nitrogens is 1. The lowest BCUT2D eigenvalue weighted by atomic mass is 10.1. The highest BCUT2D eigenvalue weighted by Crippen LogP contribution is 2.30. The topological polar surface area (TPSA) is 42.0 Å². The number of hydrogen-bond donors (Lipinski definition) is 1. The van der Waals surface area contributed by atoms with Crippen molar-refractivity contribution >= 4 is 33.2 Å². The Morgan fingerprint density at radius 3 is 2.65 bits per heavy atom. The zero-order valence-corrected chi connectivity index (χ0v) is 14.9. The first-order valence-electron chi connectivity index (χ1n) is 7.17. The molecule has 3 rings (SSSR count). The summed E-state index contributed by atoms with van der Waals surface area (Å²) < 4.78 is 1.05.